The van der Waals surface area contributed by atoms with Gasteiger partial charge in [0.2, 0.25) is 0 Å². The van der Waals surface area contributed by atoms with Crippen molar-refractivity contribution in [3.63, 3.8) is 0 Å². The second-order valence-electron chi connectivity index (χ2n) is 8.00. The van der Waals surface area contributed by atoms with E-state index in [1.807, 2.05) is 12.1 Å². The predicted octanol–water partition coefficient (Wildman–Crippen LogP) is 6.14. The zero-order valence-electron chi connectivity index (χ0n) is 19.4. The number of hydrogen-bond acceptors (Lipinski definition) is 4. The number of carboxylic acid groups (broad SMARTS) is 2. The van der Waals surface area contributed by atoms with Crippen molar-refractivity contribution in [1.82, 2.24) is 0 Å². The molecule has 0 unspecified atom stereocenters. The van der Waals surface area contributed by atoms with Gasteiger partial charge in [-0.2, -0.15) is 0 Å². The van der Waals surface area contributed by atoms with E-state index in [1.54, 1.807) is 36.4 Å². The van der Waals surface area contributed by atoms with E-state index < -0.39 is 23.1 Å². The van der Waals surface area contributed by atoms with Crippen LogP contribution in [0.25, 0.3) is 0 Å². The molecule has 0 atom stereocenters. The topological polar surface area (TPSA) is 93.1 Å². The Hall–Kier alpha value is -2.86. The molecule has 0 amide bonds. The lowest BCUT2D eigenvalue weighted by atomic mass is 9.87. The van der Waals surface area contributed by atoms with Crippen molar-refractivity contribution in [1.29, 1.82) is 0 Å². The van der Waals surface area contributed by atoms with Gasteiger partial charge in [0, 0.05) is 6.42 Å². The number of aromatic carboxylic acids is 2. The Morgan fingerprint density at radius 3 is 1.62 bits per heavy atom. The number of carboxylic acids is 2. The number of ether oxygens (including phenoxy) is 2. The monoisotopic (exact) mass is 442 g/mol. The minimum atomic E-state index is -0.964. The molecular weight excluding hydrogens is 408 g/mol. The lowest BCUT2D eigenvalue weighted by molar-refractivity contribution is -0.0793. The SMILES string of the molecule is CCC(CC)(CCOC(CC)(CC)c1ccc(C(=O)O)cc1)Oc1ccc(C(=O)O)cc1. The summed E-state index contributed by atoms with van der Waals surface area (Å²) in [5, 5.41) is 18.3. The van der Waals surface area contributed by atoms with Gasteiger partial charge < -0.3 is 19.7 Å². The van der Waals surface area contributed by atoms with Gasteiger partial charge in [0.1, 0.15) is 11.4 Å². The summed E-state index contributed by atoms with van der Waals surface area (Å²) in [7, 11) is 0. The van der Waals surface area contributed by atoms with E-state index in [1.165, 1.54) is 0 Å². The first kappa shape index (κ1) is 25.4. The van der Waals surface area contributed by atoms with E-state index >= 15 is 0 Å². The first-order valence-electron chi connectivity index (χ1n) is 11.2. The molecule has 2 N–H and O–H groups in total. The fraction of sp³-hybridized carbons (Fsp3) is 0.462. The molecule has 2 aromatic rings. The Balaban J connectivity index is 2.13. The zero-order valence-corrected chi connectivity index (χ0v) is 19.4. The van der Waals surface area contributed by atoms with Gasteiger partial charge in [-0.1, -0.05) is 39.8 Å². The predicted molar refractivity (Wildman–Crippen MR) is 124 cm³/mol. The van der Waals surface area contributed by atoms with Crippen LogP contribution in [0.3, 0.4) is 0 Å². The third-order valence-corrected chi connectivity index (χ3v) is 6.46. The van der Waals surface area contributed by atoms with Crippen molar-refractivity contribution in [2.24, 2.45) is 0 Å². The molecule has 0 aliphatic carbocycles. The molecular formula is C26H34O6. The highest BCUT2D eigenvalue weighted by Gasteiger charge is 2.33. The molecule has 0 heterocycles. The van der Waals surface area contributed by atoms with E-state index in [9.17, 15) is 9.59 Å². The second-order valence-corrected chi connectivity index (χ2v) is 8.00. The van der Waals surface area contributed by atoms with Crippen molar-refractivity contribution in [3.8, 4) is 5.75 Å². The molecule has 6 heteroatoms. The van der Waals surface area contributed by atoms with Crippen molar-refractivity contribution in [3.05, 3.63) is 65.2 Å². The fourth-order valence-corrected chi connectivity index (χ4v) is 4.01. The average Bonchev–Trinajstić information content (AvgIpc) is 2.82. The van der Waals surface area contributed by atoms with E-state index in [0.29, 0.717) is 18.8 Å². The first-order chi connectivity index (χ1) is 15.2. The molecule has 0 spiro atoms. The summed E-state index contributed by atoms with van der Waals surface area (Å²) in [5.41, 5.74) is 0.534. The molecule has 0 saturated heterocycles. The number of benzene rings is 2. The van der Waals surface area contributed by atoms with Crippen molar-refractivity contribution in [2.75, 3.05) is 6.61 Å². The molecule has 0 aliphatic rings. The summed E-state index contributed by atoms with van der Waals surface area (Å²) in [6.45, 7) is 8.78. The third kappa shape index (κ3) is 5.88. The summed E-state index contributed by atoms with van der Waals surface area (Å²) in [6.07, 6.45) is 3.77. The van der Waals surface area contributed by atoms with Gasteiger partial charge in [-0.15, -0.1) is 0 Å². The van der Waals surface area contributed by atoms with Crippen molar-refractivity contribution >= 4 is 11.9 Å². The Kier molecular flexibility index (Phi) is 8.84. The molecule has 0 saturated carbocycles. The summed E-state index contributed by atoms with van der Waals surface area (Å²) in [4.78, 5) is 22.3. The van der Waals surface area contributed by atoms with E-state index in [-0.39, 0.29) is 11.1 Å². The standard InChI is InChI=1S/C26H34O6/c1-5-25(6-2,32-22-15-11-20(12-16-22)24(29)30)17-18-31-26(7-3,8-4)21-13-9-19(10-14-21)23(27)28/h9-16H,5-8,17-18H2,1-4H3,(H,27,28)(H,29,30). The Morgan fingerprint density at radius 2 is 1.22 bits per heavy atom. The second kappa shape index (κ2) is 11.1. The van der Waals surface area contributed by atoms with Gasteiger partial charge >= 0.3 is 11.9 Å². The van der Waals surface area contributed by atoms with Crippen LogP contribution in [0.5, 0.6) is 5.75 Å². The highest BCUT2D eigenvalue weighted by atomic mass is 16.5. The molecule has 0 aromatic heterocycles. The molecule has 2 aromatic carbocycles. The van der Waals surface area contributed by atoms with Crippen molar-refractivity contribution in [2.45, 2.75) is 71.0 Å². The maximum absolute atomic E-state index is 11.2. The smallest absolute Gasteiger partial charge is 0.335 e. The summed E-state index contributed by atoms with van der Waals surface area (Å²) < 4.78 is 12.8. The van der Waals surface area contributed by atoms with Gasteiger partial charge in [-0.05, 0) is 67.6 Å². The van der Waals surface area contributed by atoms with Crippen LogP contribution in [-0.4, -0.2) is 34.4 Å². The number of carbonyl (C=O) groups is 2. The largest absolute Gasteiger partial charge is 0.487 e. The average molecular weight is 443 g/mol. The molecule has 174 valence electrons. The normalized spacial score (nSPS) is 11.9. The maximum Gasteiger partial charge on any atom is 0.335 e. The lowest BCUT2D eigenvalue weighted by Gasteiger charge is -2.37. The van der Waals surface area contributed by atoms with Crippen LogP contribution in [0, 0.1) is 0 Å². The van der Waals surface area contributed by atoms with E-state index in [4.69, 9.17) is 19.7 Å². The van der Waals surface area contributed by atoms with Crippen LogP contribution in [0.2, 0.25) is 0 Å². The minimum absolute atomic E-state index is 0.226. The third-order valence-electron chi connectivity index (χ3n) is 6.46. The summed E-state index contributed by atoms with van der Waals surface area (Å²) in [5.74, 6) is -1.27. The molecule has 0 bridgehead atoms. The van der Waals surface area contributed by atoms with E-state index in [2.05, 4.69) is 27.7 Å². The Morgan fingerprint density at radius 1 is 0.750 bits per heavy atom. The Bertz CT molecular complexity index is 878. The molecule has 32 heavy (non-hydrogen) atoms. The van der Waals surface area contributed by atoms with Gasteiger partial charge in [-0.3, -0.25) is 0 Å². The molecule has 0 fully saturated rings. The first-order valence-corrected chi connectivity index (χ1v) is 11.2. The minimum Gasteiger partial charge on any atom is -0.487 e. The lowest BCUT2D eigenvalue weighted by Crippen LogP contribution is -2.38. The highest BCUT2D eigenvalue weighted by Crippen LogP contribution is 2.35. The molecule has 0 aliphatic heterocycles. The molecule has 6 nitrogen and oxygen atoms in total. The van der Waals surface area contributed by atoms with E-state index in [0.717, 1.165) is 31.2 Å². The maximum atomic E-state index is 11.2. The molecule has 2 rings (SSSR count). The van der Waals surface area contributed by atoms with Gasteiger partial charge in [0.15, 0.2) is 0 Å². The zero-order chi connectivity index (χ0) is 23.8. The quantitative estimate of drug-likeness (QED) is 0.387. The van der Waals surface area contributed by atoms with Gasteiger partial charge in [0.05, 0.1) is 23.3 Å². The highest BCUT2D eigenvalue weighted by molar-refractivity contribution is 5.88. The summed E-state index contributed by atoms with van der Waals surface area (Å²) >= 11 is 0. The summed E-state index contributed by atoms with van der Waals surface area (Å²) in [6, 6.07) is 13.4. The number of rotatable bonds is 13. The van der Waals surface area contributed by atoms with Gasteiger partial charge in [-0.25, -0.2) is 9.59 Å². The van der Waals surface area contributed by atoms with Crippen LogP contribution in [0.4, 0.5) is 0 Å². The van der Waals surface area contributed by atoms with Crippen LogP contribution < -0.4 is 4.74 Å². The fourth-order valence-electron chi connectivity index (χ4n) is 4.01. The number of hydrogen-bond donors (Lipinski definition) is 2. The molecule has 0 radical (unpaired) electrons. The van der Waals surface area contributed by atoms with Gasteiger partial charge in [0.25, 0.3) is 0 Å². The van der Waals surface area contributed by atoms with Crippen LogP contribution in [0.1, 0.15) is 86.1 Å². The van der Waals surface area contributed by atoms with Crippen LogP contribution >= 0.6 is 0 Å². The van der Waals surface area contributed by atoms with Crippen molar-refractivity contribution < 1.29 is 29.3 Å². The van der Waals surface area contributed by atoms with Crippen LogP contribution in [0.15, 0.2) is 48.5 Å². The van der Waals surface area contributed by atoms with Crippen LogP contribution in [-0.2, 0) is 10.3 Å². The Labute approximate surface area is 190 Å².